The summed E-state index contributed by atoms with van der Waals surface area (Å²) in [5.41, 5.74) is 2.50. The Bertz CT molecular complexity index is 1240. The van der Waals surface area contributed by atoms with Crippen LogP contribution >= 0.6 is 43.5 Å². The number of amides is 3. The van der Waals surface area contributed by atoms with Gasteiger partial charge in [-0.05, 0) is 61.4 Å². The lowest BCUT2D eigenvalue weighted by molar-refractivity contribution is -0.154. The van der Waals surface area contributed by atoms with Crippen molar-refractivity contribution in [2.24, 2.45) is 23.7 Å². The van der Waals surface area contributed by atoms with Gasteiger partial charge in [0.05, 0.1) is 22.4 Å². The molecule has 35 heavy (non-hydrogen) atoms. The Kier molecular flexibility index (Phi) is 6.43. The molecule has 1 heterocycles. The van der Waals surface area contributed by atoms with Crippen molar-refractivity contribution in [3.63, 3.8) is 0 Å². The highest BCUT2D eigenvalue weighted by Crippen LogP contribution is 2.60. The Morgan fingerprint density at radius 2 is 1.57 bits per heavy atom. The molecule has 0 unspecified atom stereocenters. The summed E-state index contributed by atoms with van der Waals surface area (Å²) in [4.78, 5) is 54.4. The van der Waals surface area contributed by atoms with Crippen molar-refractivity contribution in [1.29, 1.82) is 0 Å². The van der Waals surface area contributed by atoms with E-state index in [9.17, 15) is 19.2 Å². The number of benzene rings is 2. The lowest BCUT2D eigenvalue weighted by atomic mass is 9.81. The molecule has 182 valence electrons. The van der Waals surface area contributed by atoms with Crippen LogP contribution < -0.4 is 0 Å². The smallest absolute Gasteiger partial charge is 0.274 e. The Balaban J connectivity index is 1.53. The highest BCUT2D eigenvalue weighted by molar-refractivity contribution is 9.12. The molecular weight excluding hydrogens is 600 g/mol. The summed E-state index contributed by atoms with van der Waals surface area (Å²) in [6.07, 6.45) is 0.770. The van der Waals surface area contributed by atoms with Crippen molar-refractivity contribution < 1.29 is 19.2 Å². The monoisotopic (exact) mass is 620 g/mol. The molecule has 6 nitrogen and oxygen atoms in total. The van der Waals surface area contributed by atoms with Crippen molar-refractivity contribution in [2.75, 3.05) is 6.54 Å². The highest BCUT2D eigenvalue weighted by atomic mass is 79.9. The molecule has 0 spiro atoms. The van der Waals surface area contributed by atoms with Crippen LogP contribution in [0, 0.1) is 37.5 Å². The van der Waals surface area contributed by atoms with E-state index in [-0.39, 0.29) is 37.9 Å². The lowest BCUT2D eigenvalue weighted by Gasteiger charge is -2.31. The van der Waals surface area contributed by atoms with Gasteiger partial charge in [0.1, 0.15) is 6.54 Å². The van der Waals surface area contributed by atoms with E-state index in [0.29, 0.717) is 5.56 Å². The van der Waals surface area contributed by atoms with E-state index in [0.717, 1.165) is 27.6 Å². The van der Waals surface area contributed by atoms with Crippen molar-refractivity contribution >= 4 is 67.0 Å². The number of carbonyl (C=O) groups excluding carboxylic acids is 4. The Hall–Kier alpha value is -2.03. The molecule has 9 heteroatoms. The van der Waals surface area contributed by atoms with E-state index in [4.69, 9.17) is 11.6 Å². The number of Topliss-reactive ketones (excluding diaryl/α,β-unsaturated/α-hetero) is 1. The normalized spacial score (nSPS) is 29.0. The summed E-state index contributed by atoms with van der Waals surface area (Å²) in [5, 5.41) is 2.10. The minimum absolute atomic E-state index is 0.0106. The number of fused-ring (bicyclic) bond motifs is 5. The summed E-state index contributed by atoms with van der Waals surface area (Å²) in [6, 6.07) is 11.7. The van der Waals surface area contributed by atoms with E-state index in [2.05, 4.69) is 31.9 Å². The molecule has 2 saturated carbocycles. The van der Waals surface area contributed by atoms with E-state index in [1.54, 1.807) is 30.3 Å². The summed E-state index contributed by atoms with van der Waals surface area (Å²) in [5.74, 6) is -2.92. The quantitative estimate of drug-likeness (QED) is 0.268. The number of hydrazine groups is 1. The first kappa shape index (κ1) is 24.7. The molecule has 2 aromatic carbocycles. The van der Waals surface area contributed by atoms with Crippen LogP contribution in [0.2, 0.25) is 5.02 Å². The van der Waals surface area contributed by atoms with Crippen LogP contribution in [0.4, 0.5) is 0 Å². The van der Waals surface area contributed by atoms with Crippen molar-refractivity contribution in [3.8, 4) is 0 Å². The van der Waals surface area contributed by atoms with Gasteiger partial charge in [0, 0.05) is 15.2 Å². The third-order valence-electron chi connectivity index (χ3n) is 7.67. The fourth-order valence-corrected chi connectivity index (χ4v) is 7.81. The Morgan fingerprint density at radius 1 is 0.971 bits per heavy atom. The van der Waals surface area contributed by atoms with Gasteiger partial charge in [0.15, 0.2) is 5.78 Å². The Morgan fingerprint density at radius 3 is 2.14 bits per heavy atom. The molecule has 3 aliphatic rings. The third-order valence-corrected chi connectivity index (χ3v) is 11.2. The summed E-state index contributed by atoms with van der Waals surface area (Å²) in [7, 11) is 0. The molecule has 2 aliphatic carbocycles. The number of hydrogen-bond acceptors (Lipinski definition) is 4. The standard InChI is InChI=1S/C26H23Br2ClN2O4/c1-12-7-8-14(9-13(12)2)19(32)11-30(24(33)15-5-3-4-6-18(15)29)31-25(34)20-16-10-17(21(20)26(31)35)23(28)22(16)27/h3-9,16-17,20-23H,10-11H2,1-2H3/t16-,17-,20-,21+,22-,23+/m1/s1. The second-order valence-corrected chi connectivity index (χ2v) is 12.1. The SMILES string of the molecule is Cc1ccc(C(=O)CN(C(=O)c2ccccc2Cl)N2C(=O)[C@@H]3[C@H]4C[C@@H]([C@H](Br)[C@@H]4Br)[C@@H]3C2=O)cc1C. The molecule has 3 fully saturated rings. The van der Waals surface area contributed by atoms with E-state index in [1.807, 2.05) is 19.9 Å². The van der Waals surface area contributed by atoms with E-state index < -0.39 is 36.1 Å². The number of carbonyl (C=O) groups is 4. The number of alkyl halides is 2. The van der Waals surface area contributed by atoms with Gasteiger partial charge in [-0.3, -0.25) is 19.2 Å². The first-order chi connectivity index (χ1) is 16.6. The van der Waals surface area contributed by atoms with Crippen LogP contribution in [0.3, 0.4) is 0 Å². The van der Waals surface area contributed by atoms with E-state index >= 15 is 0 Å². The third kappa shape index (κ3) is 3.89. The van der Waals surface area contributed by atoms with Gasteiger partial charge >= 0.3 is 0 Å². The van der Waals surface area contributed by atoms with Crippen molar-refractivity contribution in [3.05, 3.63) is 69.7 Å². The predicted octanol–water partition coefficient (Wildman–Crippen LogP) is 4.97. The molecule has 5 rings (SSSR count). The summed E-state index contributed by atoms with van der Waals surface area (Å²) >= 11 is 13.6. The molecular formula is C26H23Br2ClN2O4. The maximum atomic E-state index is 13.7. The first-order valence-corrected chi connectivity index (χ1v) is 13.7. The molecule has 0 aromatic heterocycles. The number of nitrogens with zero attached hydrogens (tertiary/aromatic N) is 2. The maximum Gasteiger partial charge on any atom is 0.274 e. The van der Waals surface area contributed by atoms with Crippen LogP contribution in [0.15, 0.2) is 42.5 Å². The van der Waals surface area contributed by atoms with Gasteiger partial charge in [-0.15, -0.1) is 0 Å². The van der Waals surface area contributed by atoms with Crippen LogP contribution in [-0.2, 0) is 9.59 Å². The number of imide groups is 1. The lowest BCUT2D eigenvalue weighted by Crippen LogP contribution is -2.52. The topological polar surface area (TPSA) is 74.8 Å². The largest absolute Gasteiger partial charge is 0.292 e. The molecule has 2 aromatic rings. The van der Waals surface area contributed by atoms with Gasteiger partial charge in [-0.25, -0.2) is 5.01 Å². The first-order valence-electron chi connectivity index (χ1n) is 11.4. The number of aryl methyl sites for hydroxylation is 2. The molecule has 0 N–H and O–H groups in total. The average molecular weight is 623 g/mol. The molecule has 3 amide bonds. The minimum Gasteiger partial charge on any atom is -0.292 e. The minimum atomic E-state index is -0.660. The number of hydrogen-bond donors (Lipinski definition) is 0. The number of ketones is 1. The van der Waals surface area contributed by atoms with Gasteiger partial charge < -0.3 is 0 Å². The second kappa shape index (κ2) is 9.12. The van der Waals surface area contributed by atoms with Gasteiger partial charge in [-0.2, -0.15) is 5.01 Å². The Labute approximate surface area is 225 Å². The zero-order valence-corrected chi connectivity index (χ0v) is 23.0. The fourth-order valence-electron chi connectivity index (χ4n) is 5.72. The van der Waals surface area contributed by atoms with Gasteiger partial charge in [0.25, 0.3) is 17.7 Å². The molecule has 2 bridgehead atoms. The molecule has 1 saturated heterocycles. The summed E-state index contributed by atoms with van der Waals surface area (Å²) in [6.45, 7) is 3.39. The molecule has 1 aliphatic heterocycles. The second-order valence-electron chi connectivity index (χ2n) is 9.56. The van der Waals surface area contributed by atoms with Crippen LogP contribution in [-0.4, -0.2) is 49.7 Å². The zero-order chi connectivity index (χ0) is 25.2. The zero-order valence-electron chi connectivity index (χ0n) is 19.1. The number of halogens is 3. The van der Waals surface area contributed by atoms with Gasteiger partial charge in [-0.1, -0.05) is 67.7 Å². The predicted molar refractivity (Wildman–Crippen MR) is 139 cm³/mol. The van der Waals surface area contributed by atoms with E-state index in [1.165, 1.54) is 6.07 Å². The van der Waals surface area contributed by atoms with Crippen LogP contribution in [0.25, 0.3) is 0 Å². The molecule has 0 radical (unpaired) electrons. The fraction of sp³-hybridized carbons (Fsp3) is 0.385. The number of rotatable bonds is 5. The molecule has 6 atom stereocenters. The average Bonchev–Trinajstić information content (AvgIpc) is 3.44. The van der Waals surface area contributed by atoms with Crippen LogP contribution in [0.5, 0.6) is 0 Å². The van der Waals surface area contributed by atoms with Crippen LogP contribution in [0.1, 0.15) is 38.3 Å². The highest BCUT2D eigenvalue weighted by Gasteiger charge is 2.67. The maximum absolute atomic E-state index is 13.7. The summed E-state index contributed by atoms with van der Waals surface area (Å²) < 4.78 is 0. The van der Waals surface area contributed by atoms with Crippen molar-refractivity contribution in [1.82, 2.24) is 10.0 Å². The van der Waals surface area contributed by atoms with Crippen molar-refractivity contribution in [2.45, 2.75) is 29.9 Å². The van der Waals surface area contributed by atoms with Gasteiger partial charge in [0.2, 0.25) is 0 Å².